The van der Waals surface area contributed by atoms with Crippen LogP contribution in [0.1, 0.15) is 33.6 Å². The molecular weight excluding hydrogens is 274 g/mol. The predicted octanol–water partition coefficient (Wildman–Crippen LogP) is 4.41. The van der Waals surface area contributed by atoms with Gasteiger partial charge in [0.25, 0.3) is 5.91 Å². The molecule has 0 unspecified atom stereocenters. The van der Waals surface area contributed by atoms with Crippen molar-refractivity contribution >= 4 is 23.2 Å². The summed E-state index contributed by atoms with van der Waals surface area (Å²) in [4.78, 5) is 13.9. The maximum Gasteiger partial charge on any atom is 0.254 e. The van der Waals surface area contributed by atoms with Crippen molar-refractivity contribution in [3.05, 3.63) is 41.1 Å². The Kier molecular flexibility index (Phi) is 7.16. The summed E-state index contributed by atoms with van der Waals surface area (Å²) in [6, 6.07) is 7.35. The van der Waals surface area contributed by atoms with Crippen LogP contribution in [0.3, 0.4) is 0 Å². The number of hydrogen-bond acceptors (Lipinski definition) is 2. The van der Waals surface area contributed by atoms with Crippen LogP contribution in [0.2, 0.25) is 5.02 Å². The van der Waals surface area contributed by atoms with Gasteiger partial charge < -0.3 is 9.64 Å². The minimum Gasteiger partial charge on any atom is -0.498 e. The van der Waals surface area contributed by atoms with Crippen molar-refractivity contribution in [2.45, 2.75) is 33.6 Å². The number of rotatable bonds is 3. The van der Waals surface area contributed by atoms with E-state index in [4.69, 9.17) is 16.3 Å². The number of carbonyl (C=O) groups is 1. The molecule has 0 spiro atoms. The second-order valence-corrected chi connectivity index (χ2v) is 4.55. The summed E-state index contributed by atoms with van der Waals surface area (Å²) in [6.45, 7) is 7.20. The van der Waals surface area contributed by atoms with E-state index in [0.29, 0.717) is 18.2 Å². The molecule has 1 aromatic carbocycles. The number of amides is 1. The zero-order valence-electron chi connectivity index (χ0n) is 12.4. The summed E-state index contributed by atoms with van der Waals surface area (Å²) in [7, 11) is 0. The zero-order valence-corrected chi connectivity index (χ0v) is 13.1. The molecule has 1 aromatic rings. The molecule has 0 saturated heterocycles. The molecular formula is C16H22ClNO2. The van der Waals surface area contributed by atoms with Crippen LogP contribution in [0.5, 0.6) is 0 Å². The number of hydrogen-bond donors (Lipinski definition) is 0. The van der Waals surface area contributed by atoms with Crippen molar-refractivity contribution in [1.82, 2.24) is 0 Å². The lowest BCUT2D eigenvalue weighted by molar-refractivity contribution is -0.114. The van der Waals surface area contributed by atoms with Crippen LogP contribution < -0.4 is 4.90 Å². The van der Waals surface area contributed by atoms with Gasteiger partial charge in [0.05, 0.1) is 6.61 Å². The second-order valence-electron chi connectivity index (χ2n) is 4.12. The SMILES string of the molecule is CC.CCOC1=CC(=O)N(c2cccc(Cl)c2)CCC1. The lowest BCUT2D eigenvalue weighted by Crippen LogP contribution is -2.29. The summed E-state index contributed by atoms with van der Waals surface area (Å²) in [5.74, 6) is 0.727. The molecule has 0 radical (unpaired) electrons. The summed E-state index contributed by atoms with van der Waals surface area (Å²) in [5.41, 5.74) is 0.835. The lowest BCUT2D eigenvalue weighted by Gasteiger charge is -2.19. The molecule has 0 bridgehead atoms. The van der Waals surface area contributed by atoms with Crippen LogP contribution in [-0.4, -0.2) is 19.1 Å². The first-order chi connectivity index (χ1) is 9.70. The van der Waals surface area contributed by atoms with E-state index in [9.17, 15) is 4.79 Å². The number of carbonyl (C=O) groups excluding carboxylic acids is 1. The molecule has 3 nitrogen and oxygen atoms in total. The van der Waals surface area contributed by atoms with Crippen LogP contribution in [0.4, 0.5) is 5.69 Å². The maximum atomic E-state index is 12.1. The Balaban J connectivity index is 0.000000956. The van der Waals surface area contributed by atoms with Crippen LogP contribution in [0, 0.1) is 0 Å². The molecule has 0 atom stereocenters. The lowest BCUT2D eigenvalue weighted by atomic mass is 10.2. The van der Waals surface area contributed by atoms with Gasteiger partial charge in [-0.05, 0) is 31.5 Å². The third-order valence-electron chi connectivity index (χ3n) is 2.80. The van der Waals surface area contributed by atoms with E-state index >= 15 is 0 Å². The summed E-state index contributed by atoms with van der Waals surface area (Å²) >= 11 is 5.95. The Labute approximate surface area is 126 Å². The molecule has 0 aliphatic carbocycles. The number of benzene rings is 1. The Hall–Kier alpha value is -1.48. The number of ether oxygens (including phenoxy) is 1. The minimum absolute atomic E-state index is 0.0433. The normalized spacial score (nSPS) is 14.9. The van der Waals surface area contributed by atoms with Gasteiger partial charge in [0.2, 0.25) is 0 Å². The maximum absolute atomic E-state index is 12.1. The largest absolute Gasteiger partial charge is 0.498 e. The zero-order chi connectivity index (χ0) is 15.0. The van der Waals surface area contributed by atoms with Gasteiger partial charge in [-0.2, -0.15) is 0 Å². The van der Waals surface area contributed by atoms with Crippen LogP contribution in [-0.2, 0) is 9.53 Å². The molecule has 0 fully saturated rings. The molecule has 0 aromatic heterocycles. The molecule has 0 N–H and O–H groups in total. The van der Waals surface area contributed by atoms with Gasteiger partial charge in [-0.1, -0.05) is 31.5 Å². The Morgan fingerprint density at radius 3 is 2.75 bits per heavy atom. The van der Waals surface area contributed by atoms with E-state index in [1.165, 1.54) is 0 Å². The second kappa shape index (κ2) is 8.64. The Bertz CT molecular complexity index is 471. The van der Waals surface area contributed by atoms with Gasteiger partial charge in [0, 0.05) is 29.8 Å². The molecule has 1 aliphatic rings. The average molecular weight is 296 g/mol. The van der Waals surface area contributed by atoms with Crippen LogP contribution in [0.25, 0.3) is 0 Å². The van der Waals surface area contributed by atoms with Crippen molar-refractivity contribution in [3.8, 4) is 0 Å². The Morgan fingerprint density at radius 1 is 1.35 bits per heavy atom. The quantitative estimate of drug-likeness (QED) is 0.826. The van der Waals surface area contributed by atoms with Gasteiger partial charge in [0.1, 0.15) is 5.76 Å². The highest BCUT2D eigenvalue weighted by atomic mass is 35.5. The first kappa shape index (κ1) is 16.6. The fraction of sp³-hybridized carbons (Fsp3) is 0.438. The highest BCUT2D eigenvalue weighted by molar-refractivity contribution is 6.31. The first-order valence-corrected chi connectivity index (χ1v) is 7.49. The van der Waals surface area contributed by atoms with E-state index in [2.05, 4.69) is 0 Å². The van der Waals surface area contributed by atoms with Crippen LogP contribution in [0.15, 0.2) is 36.1 Å². The molecule has 20 heavy (non-hydrogen) atoms. The summed E-state index contributed by atoms with van der Waals surface area (Å²) in [5, 5.41) is 0.638. The number of nitrogens with zero attached hydrogens (tertiary/aromatic N) is 1. The molecule has 4 heteroatoms. The van der Waals surface area contributed by atoms with E-state index in [0.717, 1.165) is 24.3 Å². The molecule has 1 heterocycles. The van der Waals surface area contributed by atoms with E-state index in [-0.39, 0.29) is 5.91 Å². The van der Waals surface area contributed by atoms with Gasteiger partial charge in [-0.25, -0.2) is 0 Å². The van der Waals surface area contributed by atoms with E-state index in [1.807, 2.05) is 32.9 Å². The third-order valence-corrected chi connectivity index (χ3v) is 3.04. The first-order valence-electron chi connectivity index (χ1n) is 7.11. The molecule has 1 aliphatic heterocycles. The topological polar surface area (TPSA) is 29.5 Å². The number of allylic oxidation sites excluding steroid dienone is 1. The average Bonchev–Trinajstić information content (AvgIpc) is 2.63. The molecule has 110 valence electrons. The van der Waals surface area contributed by atoms with Gasteiger partial charge >= 0.3 is 0 Å². The van der Waals surface area contributed by atoms with Gasteiger partial charge in [0.15, 0.2) is 0 Å². The summed E-state index contributed by atoms with van der Waals surface area (Å²) in [6.07, 6.45) is 3.28. The smallest absolute Gasteiger partial charge is 0.254 e. The van der Waals surface area contributed by atoms with Crippen molar-refractivity contribution < 1.29 is 9.53 Å². The molecule has 1 amide bonds. The fourth-order valence-corrected chi connectivity index (χ4v) is 2.19. The summed E-state index contributed by atoms with van der Waals surface area (Å²) < 4.78 is 5.43. The van der Waals surface area contributed by atoms with Crippen LogP contribution >= 0.6 is 11.6 Å². The van der Waals surface area contributed by atoms with Crippen molar-refractivity contribution in [1.29, 1.82) is 0 Å². The van der Waals surface area contributed by atoms with Crippen molar-refractivity contribution in [2.75, 3.05) is 18.1 Å². The van der Waals surface area contributed by atoms with E-state index in [1.54, 1.807) is 23.1 Å². The monoisotopic (exact) mass is 295 g/mol. The number of halogens is 1. The fourth-order valence-electron chi connectivity index (χ4n) is 2.01. The van der Waals surface area contributed by atoms with Crippen molar-refractivity contribution in [3.63, 3.8) is 0 Å². The molecule has 2 rings (SSSR count). The standard InChI is InChI=1S/C14H16ClNO2.C2H6/c1-2-18-13-7-4-8-16(14(17)10-13)12-6-3-5-11(15)9-12;1-2/h3,5-6,9-10H,2,4,7-8H2,1H3;1-2H3. The number of anilines is 1. The molecule has 0 saturated carbocycles. The Morgan fingerprint density at radius 2 is 2.10 bits per heavy atom. The van der Waals surface area contributed by atoms with Gasteiger partial charge in [-0.15, -0.1) is 0 Å². The highest BCUT2D eigenvalue weighted by Crippen LogP contribution is 2.23. The minimum atomic E-state index is -0.0433. The predicted molar refractivity (Wildman–Crippen MR) is 84.1 cm³/mol. The highest BCUT2D eigenvalue weighted by Gasteiger charge is 2.18. The van der Waals surface area contributed by atoms with E-state index < -0.39 is 0 Å². The van der Waals surface area contributed by atoms with Gasteiger partial charge in [-0.3, -0.25) is 4.79 Å². The van der Waals surface area contributed by atoms with Crippen molar-refractivity contribution in [2.24, 2.45) is 0 Å². The third kappa shape index (κ3) is 4.57.